The highest BCUT2D eigenvalue weighted by Gasteiger charge is 2.16. The Morgan fingerprint density at radius 2 is 1.96 bits per heavy atom. The highest BCUT2D eigenvalue weighted by atomic mass is 32.2. The maximum atomic E-state index is 11.9. The van der Waals surface area contributed by atoms with Crippen LogP contribution in [0.1, 0.15) is 30.6 Å². The molecule has 1 amide bonds. The third kappa shape index (κ3) is 4.90. The van der Waals surface area contributed by atoms with Crippen molar-refractivity contribution in [2.45, 2.75) is 26.3 Å². The number of aromatic nitrogens is 2. The van der Waals surface area contributed by atoms with Crippen LogP contribution in [0, 0.1) is 6.92 Å². The molecule has 24 heavy (non-hydrogen) atoms. The number of rotatable bonds is 7. The molecule has 2 N–H and O–H groups in total. The molecule has 0 saturated carbocycles. The van der Waals surface area contributed by atoms with Crippen molar-refractivity contribution in [2.24, 2.45) is 0 Å². The summed E-state index contributed by atoms with van der Waals surface area (Å²) >= 11 is 0. The SMILES string of the molecule is Cc1c(C(C)NC(=O)CCNS(C)(=O)=O)cnn1-c1ccccc1. The number of nitrogens with zero attached hydrogens (tertiary/aromatic N) is 2. The normalized spacial score (nSPS) is 12.8. The van der Waals surface area contributed by atoms with Gasteiger partial charge in [0.1, 0.15) is 0 Å². The van der Waals surface area contributed by atoms with Crippen LogP contribution in [0.3, 0.4) is 0 Å². The van der Waals surface area contributed by atoms with Crippen LogP contribution >= 0.6 is 0 Å². The molecule has 1 aromatic carbocycles. The summed E-state index contributed by atoms with van der Waals surface area (Å²) in [6.45, 7) is 3.91. The predicted molar refractivity (Wildman–Crippen MR) is 92.3 cm³/mol. The quantitative estimate of drug-likeness (QED) is 0.787. The van der Waals surface area contributed by atoms with E-state index in [4.69, 9.17) is 0 Å². The van der Waals surface area contributed by atoms with E-state index in [1.165, 1.54) is 0 Å². The van der Waals surface area contributed by atoms with Crippen LogP contribution in [0.25, 0.3) is 5.69 Å². The summed E-state index contributed by atoms with van der Waals surface area (Å²) in [4.78, 5) is 11.9. The van der Waals surface area contributed by atoms with Crippen molar-refractivity contribution in [2.75, 3.05) is 12.8 Å². The first-order chi connectivity index (χ1) is 11.3. The van der Waals surface area contributed by atoms with E-state index in [0.29, 0.717) is 0 Å². The molecule has 7 nitrogen and oxygen atoms in total. The van der Waals surface area contributed by atoms with Gasteiger partial charge in [0.15, 0.2) is 0 Å². The van der Waals surface area contributed by atoms with Crippen molar-refractivity contribution in [3.8, 4) is 5.69 Å². The summed E-state index contributed by atoms with van der Waals surface area (Å²) in [5.41, 5.74) is 2.82. The Balaban J connectivity index is 1.99. The lowest BCUT2D eigenvalue weighted by molar-refractivity contribution is -0.121. The Labute approximate surface area is 142 Å². The molecule has 8 heteroatoms. The zero-order valence-electron chi connectivity index (χ0n) is 14.0. The number of hydrogen-bond donors (Lipinski definition) is 2. The van der Waals surface area contributed by atoms with Crippen LogP contribution in [-0.2, 0) is 14.8 Å². The molecule has 1 atom stereocenters. The summed E-state index contributed by atoms with van der Waals surface area (Å²) in [6, 6.07) is 9.53. The molecule has 1 heterocycles. The Hall–Kier alpha value is -2.19. The molecule has 0 bridgehead atoms. The maximum Gasteiger partial charge on any atom is 0.221 e. The van der Waals surface area contributed by atoms with E-state index in [0.717, 1.165) is 23.2 Å². The number of carbonyl (C=O) groups is 1. The van der Waals surface area contributed by atoms with Gasteiger partial charge in [-0.3, -0.25) is 4.79 Å². The van der Waals surface area contributed by atoms with Crippen LogP contribution in [0.15, 0.2) is 36.5 Å². The lowest BCUT2D eigenvalue weighted by Gasteiger charge is -2.14. The van der Waals surface area contributed by atoms with Gasteiger partial charge in [0.2, 0.25) is 15.9 Å². The second-order valence-corrected chi connectivity index (χ2v) is 7.47. The first-order valence-electron chi connectivity index (χ1n) is 7.62. The second-order valence-electron chi connectivity index (χ2n) is 5.64. The Morgan fingerprint density at radius 3 is 2.58 bits per heavy atom. The predicted octanol–water partition coefficient (Wildman–Crippen LogP) is 1.30. The van der Waals surface area contributed by atoms with E-state index >= 15 is 0 Å². The smallest absolute Gasteiger partial charge is 0.221 e. The van der Waals surface area contributed by atoms with Crippen molar-refractivity contribution in [1.29, 1.82) is 0 Å². The Bertz CT molecular complexity index is 800. The second kappa shape index (κ2) is 7.59. The minimum atomic E-state index is -3.28. The molecule has 0 spiro atoms. The van der Waals surface area contributed by atoms with Crippen LogP contribution in [0.4, 0.5) is 0 Å². The van der Waals surface area contributed by atoms with E-state index < -0.39 is 10.0 Å². The van der Waals surface area contributed by atoms with Crippen molar-refractivity contribution in [1.82, 2.24) is 19.8 Å². The van der Waals surface area contributed by atoms with Gasteiger partial charge in [0.05, 0.1) is 24.2 Å². The molecule has 0 saturated heterocycles. The number of benzene rings is 1. The zero-order chi connectivity index (χ0) is 17.7. The van der Waals surface area contributed by atoms with Crippen LogP contribution in [0.2, 0.25) is 0 Å². The number of sulfonamides is 1. The summed E-state index contributed by atoms with van der Waals surface area (Å²) < 4.78 is 26.1. The van der Waals surface area contributed by atoms with Crippen molar-refractivity contribution < 1.29 is 13.2 Å². The monoisotopic (exact) mass is 350 g/mol. The summed E-state index contributed by atoms with van der Waals surface area (Å²) in [5.74, 6) is -0.217. The van der Waals surface area contributed by atoms with Crippen molar-refractivity contribution in [3.63, 3.8) is 0 Å². The van der Waals surface area contributed by atoms with Crippen LogP contribution in [0.5, 0.6) is 0 Å². The lowest BCUT2D eigenvalue weighted by Crippen LogP contribution is -2.31. The van der Waals surface area contributed by atoms with Crippen LogP contribution < -0.4 is 10.0 Å². The minimum Gasteiger partial charge on any atom is -0.349 e. The fourth-order valence-corrected chi connectivity index (χ4v) is 2.89. The first-order valence-corrected chi connectivity index (χ1v) is 9.51. The van der Waals surface area contributed by atoms with Gasteiger partial charge in [-0.1, -0.05) is 18.2 Å². The molecule has 0 aliphatic heterocycles. The molecule has 2 rings (SSSR count). The maximum absolute atomic E-state index is 11.9. The van der Waals surface area contributed by atoms with Gasteiger partial charge >= 0.3 is 0 Å². The lowest BCUT2D eigenvalue weighted by atomic mass is 10.1. The van der Waals surface area contributed by atoms with E-state index in [1.807, 2.05) is 48.9 Å². The van der Waals surface area contributed by atoms with E-state index in [2.05, 4.69) is 15.1 Å². The molecule has 2 aromatic rings. The fraction of sp³-hybridized carbons (Fsp3) is 0.375. The van der Waals surface area contributed by atoms with Gasteiger partial charge in [-0.15, -0.1) is 0 Å². The largest absolute Gasteiger partial charge is 0.349 e. The average molecular weight is 350 g/mol. The standard InChI is InChI=1S/C16H22N4O3S/c1-12(19-16(21)9-10-18-24(3,22)23)15-11-17-20(13(15)2)14-7-5-4-6-8-14/h4-8,11-12,18H,9-10H2,1-3H3,(H,19,21). The summed E-state index contributed by atoms with van der Waals surface area (Å²) in [6.07, 6.45) is 2.89. The molecule has 0 radical (unpaired) electrons. The molecule has 130 valence electrons. The summed E-state index contributed by atoms with van der Waals surface area (Å²) in [7, 11) is -3.28. The number of para-hydroxylation sites is 1. The molecule has 0 aliphatic carbocycles. The van der Waals surface area contributed by atoms with E-state index in [-0.39, 0.29) is 24.9 Å². The number of hydrogen-bond acceptors (Lipinski definition) is 4. The zero-order valence-corrected chi connectivity index (χ0v) is 14.8. The highest BCUT2D eigenvalue weighted by molar-refractivity contribution is 7.88. The molecular weight excluding hydrogens is 328 g/mol. The highest BCUT2D eigenvalue weighted by Crippen LogP contribution is 2.20. The van der Waals surface area contributed by atoms with Crippen LogP contribution in [-0.4, -0.2) is 36.9 Å². The van der Waals surface area contributed by atoms with Gasteiger partial charge in [-0.05, 0) is 26.0 Å². The average Bonchev–Trinajstić information content (AvgIpc) is 2.88. The third-order valence-corrected chi connectivity index (χ3v) is 4.34. The van der Waals surface area contributed by atoms with E-state index in [9.17, 15) is 13.2 Å². The van der Waals surface area contributed by atoms with Gasteiger partial charge in [0.25, 0.3) is 0 Å². The van der Waals surface area contributed by atoms with Gasteiger partial charge in [-0.2, -0.15) is 5.10 Å². The fourth-order valence-electron chi connectivity index (χ4n) is 2.42. The number of amides is 1. The molecular formula is C16H22N4O3S. The number of nitrogens with one attached hydrogen (secondary N) is 2. The summed E-state index contributed by atoms with van der Waals surface area (Å²) in [5, 5.41) is 7.24. The Morgan fingerprint density at radius 1 is 1.29 bits per heavy atom. The van der Waals surface area contributed by atoms with Crippen molar-refractivity contribution >= 4 is 15.9 Å². The van der Waals surface area contributed by atoms with Crippen molar-refractivity contribution in [3.05, 3.63) is 47.8 Å². The van der Waals surface area contributed by atoms with E-state index in [1.54, 1.807) is 6.20 Å². The topological polar surface area (TPSA) is 93.1 Å². The first kappa shape index (κ1) is 18.2. The molecule has 1 aromatic heterocycles. The molecule has 1 unspecified atom stereocenters. The number of carbonyl (C=O) groups excluding carboxylic acids is 1. The Kier molecular flexibility index (Phi) is 5.74. The van der Waals surface area contributed by atoms with Gasteiger partial charge in [0, 0.05) is 24.2 Å². The van der Waals surface area contributed by atoms with Gasteiger partial charge < -0.3 is 5.32 Å². The minimum absolute atomic E-state index is 0.0830. The third-order valence-electron chi connectivity index (χ3n) is 3.61. The van der Waals surface area contributed by atoms with Gasteiger partial charge in [-0.25, -0.2) is 17.8 Å². The molecule has 0 fully saturated rings. The molecule has 0 aliphatic rings.